The second-order valence-corrected chi connectivity index (χ2v) is 3.46. The van der Waals surface area contributed by atoms with Crippen molar-refractivity contribution in [2.24, 2.45) is 5.73 Å². The number of nitrogens with zero attached hydrogens (tertiary/aromatic N) is 2. The molecule has 0 aliphatic carbocycles. The Morgan fingerprint density at radius 2 is 2.12 bits per heavy atom. The Hall–Kier alpha value is -1.62. The fourth-order valence-electron chi connectivity index (χ4n) is 1.44. The number of rotatable bonds is 5. The van der Waals surface area contributed by atoms with Gasteiger partial charge in [0, 0.05) is 6.54 Å². The van der Waals surface area contributed by atoms with Crippen LogP contribution in [0.5, 0.6) is 0 Å². The minimum Gasteiger partial charge on any atom is -0.351 e. The maximum atomic E-state index is 10.7. The fraction of sp³-hybridized carbons (Fsp3) is 0.455. The van der Waals surface area contributed by atoms with Crippen LogP contribution in [0.15, 0.2) is 18.2 Å². The van der Waals surface area contributed by atoms with Crippen molar-refractivity contribution < 1.29 is 4.79 Å². The molecule has 0 radical (unpaired) electrons. The first-order chi connectivity index (χ1) is 7.65. The molecule has 2 amide bonds. The maximum absolute atomic E-state index is 10.7. The van der Waals surface area contributed by atoms with Crippen molar-refractivity contribution in [2.45, 2.75) is 20.4 Å². The van der Waals surface area contributed by atoms with Crippen molar-refractivity contribution in [1.82, 2.24) is 9.88 Å². The highest BCUT2D eigenvalue weighted by atomic mass is 16.2. The number of primary amides is 1. The zero-order chi connectivity index (χ0) is 12.0. The quantitative estimate of drug-likeness (QED) is 0.791. The molecule has 0 bridgehead atoms. The van der Waals surface area contributed by atoms with Crippen molar-refractivity contribution in [1.29, 1.82) is 0 Å². The lowest BCUT2D eigenvalue weighted by Gasteiger charge is -2.17. The summed E-state index contributed by atoms with van der Waals surface area (Å²) in [6, 6.07) is 4.92. The van der Waals surface area contributed by atoms with Gasteiger partial charge in [-0.2, -0.15) is 0 Å². The maximum Gasteiger partial charge on any atom is 0.317 e. The minimum absolute atomic E-state index is 0.497. The van der Waals surface area contributed by atoms with E-state index in [1.165, 1.54) is 0 Å². The lowest BCUT2D eigenvalue weighted by atomic mass is 10.3. The van der Waals surface area contributed by atoms with E-state index in [2.05, 4.69) is 29.0 Å². The molecule has 0 atom stereocenters. The number of pyridine rings is 1. The van der Waals surface area contributed by atoms with Gasteiger partial charge in [0.05, 0.1) is 5.69 Å². The molecule has 0 aromatic carbocycles. The molecule has 0 unspecified atom stereocenters. The number of urea groups is 1. The van der Waals surface area contributed by atoms with Gasteiger partial charge in [0.1, 0.15) is 5.82 Å². The van der Waals surface area contributed by atoms with E-state index in [1.807, 2.05) is 12.1 Å². The number of hydrogen-bond acceptors (Lipinski definition) is 3. The number of aromatic nitrogens is 1. The fourth-order valence-corrected chi connectivity index (χ4v) is 1.44. The van der Waals surface area contributed by atoms with Crippen molar-refractivity contribution in [3.63, 3.8) is 0 Å². The van der Waals surface area contributed by atoms with E-state index >= 15 is 0 Å². The lowest BCUT2D eigenvalue weighted by Crippen LogP contribution is -2.23. The smallest absolute Gasteiger partial charge is 0.317 e. The summed E-state index contributed by atoms with van der Waals surface area (Å²) in [6.07, 6.45) is 0. The molecular formula is C11H18N4O. The number of nitrogens with two attached hydrogens (primary N) is 1. The second kappa shape index (κ2) is 6.07. The molecule has 5 heteroatoms. The molecule has 3 N–H and O–H groups in total. The predicted molar refractivity (Wildman–Crippen MR) is 64.1 cm³/mol. The standard InChI is InChI=1S/C11H18N4O/c1-3-15(4-2)8-9-6-5-7-10(13-9)14-11(12)16/h5-7H,3-4,8H2,1-2H3,(H3,12,13,14,16). The van der Waals surface area contributed by atoms with Crippen molar-refractivity contribution >= 4 is 11.8 Å². The van der Waals surface area contributed by atoms with Crippen LogP contribution >= 0.6 is 0 Å². The highest BCUT2D eigenvalue weighted by Gasteiger charge is 2.03. The number of carbonyl (C=O) groups is 1. The molecular weight excluding hydrogens is 204 g/mol. The summed E-state index contributed by atoms with van der Waals surface area (Å²) in [6.45, 7) is 6.95. The van der Waals surface area contributed by atoms with E-state index < -0.39 is 6.03 Å². The van der Waals surface area contributed by atoms with Crippen molar-refractivity contribution in [3.05, 3.63) is 23.9 Å². The van der Waals surface area contributed by atoms with Gasteiger partial charge in [-0.15, -0.1) is 0 Å². The first-order valence-electron chi connectivity index (χ1n) is 5.40. The van der Waals surface area contributed by atoms with Gasteiger partial charge in [-0.25, -0.2) is 9.78 Å². The van der Waals surface area contributed by atoms with E-state index in [0.29, 0.717) is 5.82 Å². The second-order valence-electron chi connectivity index (χ2n) is 3.46. The number of carbonyl (C=O) groups excluding carboxylic acids is 1. The first-order valence-corrected chi connectivity index (χ1v) is 5.40. The van der Waals surface area contributed by atoms with Gasteiger partial charge in [-0.3, -0.25) is 10.2 Å². The van der Waals surface area contributed by atoms with Gasteiger partial charge in [0.2, 0.25) is 0 Å². The monoisotopic (exact) mass is 222 g/mol. The molecule has 0 aliphatic heterocycles. The van der Waals surface area contributed by atoms with Crippen LogP contribution in [0, 0.1) is 0 Å². The molecule has 0 saturated carbocycles. The Labute approximate surface area is 95.7 Å². The summed E-state index contributed by atoms with van der Waals surface area (Å²) >= 11 is 0. The zero-order valence-electron chi connectivity index (χ0n) is 9.73. The Morgan fingerprint density at radius 1 is 1.44 bits per heavy atom. The number of nitrogens with one attached hydrogen (secondary N) is 1. The van der Waals surface area contributed by atoms with Crippen LogP contribution in [0.4, 0.5) is 10.6 Å². The molecule has 0 spiro atoms. The topological polar surface area (TPSA) is 71.2 Å². The molecule has 88 valence electrons. The van der Waals surface area contributed by atoms with Crippen LogP contribution in [-0.2, 0) is 6.54 Å². The van der Waals surface area contributed by atoms with E-state index in [0.717, 1.165) is 25.3 Å². The van der Waals surface area contributed by atoms with Gasteiger partial charge < -0.3 is 5.73 Å². The van der Waals surface area contributed by atoms with Crippen molar-refractivity contribution in [2.75, 3.05) is 18.4 Å². The molecule has 0 fully saturated rings. The molecule has 1 rings (SSSR count). The third kappa shape index (κ3) is 3.86. The normalized spacial score (nSPS) is 10.4. The Balaban J connectivity index is 2.70. The van der Waals surface area contributed by atoms with Crippen molar-refractivity contribution in [3.8, 4) is 0 Å². The summed E-state index contributed by atoms with van der Waals surface area (Å²) in [7, 11) is 0. The van der Waals surface area contributed by atoms with Crippen LogP contribution < -0.4 is 11.1 Å². The zero-order valence-corrected chi connectivity index (χ0v) is 9.73. The van der Waals surface area contributed by atoms with E-state index in [4.69, 9.17) is 5.73 Å². The Morgan fingerprint density at radius 3 is 2.69 bits per heavy atom. The molecule has 0 saturated heterocycles. The van der Waals surface area contributed by atoms with Gasteiger partial charge in [0.25, 0.3) is 0 Å². The van der Waals surface area contributed by atoms with Crippen LogP contribution in [0.1, 0.15) is 19.5 Å². The molecule has 16 heavy (non-hydrogen) atoms. The summed E-state index contributed by atoms with van der Waals surface area (Å²) in [4.78, 5) is 17.2. The highest BCUT2D eigenvalue weighted by Crippen LogP contribution is 2.07. The molecule has 5 nitrogen and oxygen atoms in total. The van der Waals surface area contributed by atoms with Gasteiger partial charge >= 0.3 is 6.03 Å². The largest absolute Gasteiger partial charge is 0.351 e. The summed E-state index contributed by atoms with van der Waals surface area (Å²) in [5, 5.41) is 2.46. The predicted octanol–water partition coefficient (Wildman–Crippen LogP) is 1.41. The highest BCUT2D eigenvalue weighted by molar-refractivity contribution is 5.86. The van der Waals surface area contributed by atoms with Crippen LogP contribution in [0.25, 0.3) is 0 Å². The SMILES string of the molecule is CCN(CC)Cc1cccc(NC(N)=O)n1. The molecule has 1 aromatic heterocycles. The van der Waals surface area contributed by atoms with E-state index in [-0.39, 0.29) is 0 Å². The molecule has 1 heterocycles. The molecule has 1 aromatic rings. The third-order valence-corrected chi connectivity index (χ3v) is 2.34. The average molecular weight is 222 g/mol. The summed E-state index contributed by atoms with van der Waals surface area (Å²) in [5.41, 5.74) is 5.95. The number of hydrogen-bond donors (Lipinski definition) is 2. The van der Waals surface area contributed by atoms with Gasteiger partial charge in [-0.05, 0) is 25.2 Å². The van der Waals surface area contributed by atoms with E-state index in [1.54, 1.807) is 6.07 Å². The Bertz CT molecular complexity index is 350. The van der Waals surface area contributed by atoms with Gasteiger partial charge in [-0.1, -0.05) is 19.9 Å². The minimum atomic E-state index is -0.590. The summed E-state index contributed by atoms with van der Waals surface area (Å²) < 4.78 is 0. The number of anilines is 1. The number of amides is 2. The average Bonchev–Trinajstić information content (AvgIpc) is 2.25. The van der Waals surface area contributed by atoms with Gasteiger partial charge in [0.15, 0.2) is 0 Å². The van der Waals surface area contributed by atoms with Crippen LogP contribution in [-0.4, -0.2) is 29.0 Å². The van der Waals surface area contributed by atoms with Crippen LogP contribution in [0.3, 0.4) is 0 Å². The molecule has 0 aliphatic rings. The summed E-state index contributed by atoms with van der Waals surface area (Å²) in [5.74, 6) is 0.497. The third-order valence-electron chi connectivity index (χ3n) is 2.34. The first kappa shape index (κ1) is 12.4. The lowest BCUT2D eigenvalue weighted by molar-refractivity contribution is 0.259. The Kier molecular flexibility index (Phi) is 4.72. The van der Waals surface area contributed by atoms with Crippen LogP contribution in [0.2, 0.25) is 0 Å². The van der Waals surface area contributed by atoms with E-state index in [9.17, 15) is 4.79 Å².